The number of aromatic nitrogens is 2. The second-order valence-corrected chi connectivity index (χ2v) is 4.96. The van der Waals surface area contributed by atoms with Crippen LogP contribution in [0.15, 0.2) is 6.07 Å². The molecule has 0 spiro atoms. The third-order valence-electron chi connectivity index (χ3n) is 3.42. The molecule has 0 bridgehead atoms. The third-order valence-corrected chi connectivity index (χ3v) is 3.42. The predicted molar refractivity (Wildman–Crippen MR) is 77.3 cm³/mol. The molecule has 1 saturated heterocycles. The van der Waals surface area contributed by atoms with E-state index >= 15 is 0 Å². The lowest BCUT2D eigenvalue weighted by molar-refractivity contribution is 0.0458. The number of piperidine rings is 1. The first-order valence-electron chi connectivity index (χ1n) is 7.23. The lowest BCUT2D eigenvalue weighted by Gasteiger charge is -2.32. The number of hydrogen-bond acceptors (Lipinski definition) is 5. The zero-order valence-electron chi connectivity index (χ0n) is 11.9. The van der Waals surface area contributed by atoms with Crippen LogP contribution in [0, 0.1) is 0 Å². The van der Waals surface area contributed by atoms with E-state index in [-0.39, 0.29) is 0 Å². The normalized spacial score (nSPS) is 16.8. The molecule has 0 aromatic carbocycles. The van der Waals surface area contributed by atoms with Gasteiger partial charge in [-0.15, -0.1) is 0 Å². The Kier molecular flexibility index (Phi) is 4.96. The van der Waals surface area contributed by atoms with E-state index in [1.54, 1.807) is 0 Å². The summed E-state index contributed by atoms with van der Waals surface area (Å²) in [6.07, 6.45) is 4.43. The van der Waals surface area contributed by atoms with Crippen LogP contribution in [-0.4, -0.2) is 35.8 Å². The first kappa shape index (κ1) is 14.1. The summed E-state index contributed by atoms with van der Waals surface area (Å²) in [4.78, 5) is 11.2. The van der Waals surface area contributed by atoms with Crippen LogP contribution in [-0.2, 0) is 11.2 Å². The van der Waals surface area contributed by atoms with Gasteiger partial charge in [0.15, 0.2) is 0 Å². The maximum atomic E-state index is 5.87. The molecule has 1 aliphatic rings. The minimum absolute atomic E-state index is 0.399. The van der Waals surface area contributed by atoms with Crippen LogP contribution in [0.25, 0.3) is 0 Å². The Bertz CT molecular complexity index is 402. The average Bonchev–Trinajstić information content (AvgIpc) is 2.40. The van der Waals surface area contributed by atoms with Crippen molar-refractivity contribution in [3.8, 4) is 0 Å². The van der Waals surface area contributed by atoms with Gasteiger partial charge in [-0.3, -0.25) is 0 Å². The molecule has 0 unspecified atom stereocenters. The van der Waals surface area contributed by atoms with E-state index in [0.717, 1.165) is 57.0 Å². The van der Waals surface area contributed by atoms with Crippen molar-refractivity contribution in [1.29, 1.82) is 0 Å². The molecule has 0 radical (unpaired) electrons. The number of nitrogen functional groups attached to an aromatic ring is 1. The van der Waals surface area contributed by atoms with E-state index < -0.39 is 0 Å². The highest BCUT2D eigenvalue weighted by Crippen LogP contribution is 2.21. The van der Waals surface area contributed by atoms with Crippen LogP contribution in [0.5, 0.6) is 0 Å². The van der Waals surface area contributed by atoms with Crippen LogP contribution < -0.4 is 10.6 Å². The van der Waals surface area contributed by atoms with Crippen LogP contribution in [0.4, 0.5) is 11.6 Å². The molecule has 5 nitrogen and oxygen atoms in total. The number of nitrogens with zero attached hydrogens (tertiary/aromatic N) is 3. The van der Waals surface area contributed by atoms with Crippen molar-refractivity contribution >= 4 is 11.6 Å². The zero-order valence-corrected chi connectivity index (χ0v) is 11.9. The van der Waals surface area contributed by atoms with E-state index in [1.165, 1.54) is 0 Å². The molecular formula is C14H24N4O. The van der Waals surface area contributed by atoms with Gasteiger partial charge in [0.25, 0.3) is 0 Å². The van der Waals surface area contributed by atoms with E-state index in [9.17, 15) is 0 Å². The van der Waals surface area contributed by atoms with Crippen molar-refractivity contribution in [3.63, 3.8) is 0 Å². The maximum absolute atomic E-state index is 5.87. The number of anilines is 2. The predicted octanol–water partition coefficient (Wildman–Crippen LogP) is 2.02. The first-order valence-corrected chi connectivity index (χ1v) is 7.23. The van der Waals surface area contributed by atoms with Gasteiger partial charge in [-0.1, -0.05) is 6.92 Å². The maximum Gasteiger partial charge on any atom is 0.134 e. The molecule has 1 fully saturated rings. The van der Waals surface area contributed by atoms with Gasteiger partial charge in [0.05, 0.1) is 6.10 Å². The Morgan fingerprint density at radius 3 is 2.68 bits per heavy atom. The van der Waals surface area contributed by atoms with Gasteiger partial charge in [-0.2, -0.15) is 0 Å². The Hall–Kier alpha value is -1.36. The minimum Gasteiger partial charge on any atom is -0.384 e. The summed E-state index contributed by atoms with van der Waals surface area (Å²) in [6, 6.07) is 1.88. The molecule has 106 valence electrons. The van der Waals surface area contributed by atoms with Gasteiger partial charge >= 0.3 is 0 Å². The van der Waals surface area contributed by atoms with Crippen molar-refractivity contribution in [2.75, 3.05) is 30.3 Å². The summed E-state index contributed by atoms with van der Waals surface area (Å²) in [5.41, 5.74) is 5.87. The third kappa shape index (κ3) is 3.80. The van der Waals surface area contributed by atoms with Gasteiger partial charge in [-0.25, -0.2) is 9.97 Å². The smallest absolute Gasteiger partial charge is 0.134 e. The molecule has 0 aliphatic carbocycles. The van der Waals surface area contributed by atoms with Crippen molar-refractivity contribution in [1.82, 2.24) is 9.97 Å². The molecule has 0 saturated carbocycles. The average molecular weight is 264 g/mol. The molecule has 2 N–H and O–H groups in total. The molecular weight excluding hydrogens is 240 g/mol. The molecule has 5 heteroatoms. The summed E-state index contributed by atoms with van der Waals surface area (Å²) >= 11 is 0. The Balaban J connectivity index is 2.02. The van der Waals surface area contributed by atoms with Crippen molar-refractivity contribution in [2.24, 2.45) is 0 Å². The van der Waals surface area contributed by atoms with E-state index in [1.807, 2.05) is 6.07 Å². The highest BCUT2D eigenvalue weighted by atomic mass is 16.5. The molecule has 1 aliphatic heterocycles. The van der Waals surface area contributed by atoms with E-state index in [4.69, 9.17) is 10.5 Å². The number of ether oxygens (including phenoxy) is 1. The molecule has 2 heterocycles. The summed E-state index contributed by atoms with van der Waals surface area (Å²) in [5.74, 6) is 2.38. The quantitative estimate of drug-likeness (QED) is 0.881. The minimum atomic E-state index is 0.399. The largest absolute Gasteiger partial charge is 0.384 e. The van der Waals surface area contributed by atoms with Gasteiger partial charge < -0.3 is 15.4 Å². The monoisotopic (exact) mass is 264 g/mol. The molecule has 0 amide bonds. The topological polar surface area (TPSA) is 64.3 Å². The van der Waals surface area contributed by atoms with Crippen LogP contribution in [0.1, 0.15) is 38.9 Å². The fraction of sp³-hybridized carbons (Fsp3) is 0.714. The number of nitrogens with two attached hydrogens (primary N) is 1. The second-order valence-electron chi connectivity index (χ2n) is 4.96. The fourth-order valence-corrected chi connectivity index (χ4v) is 2.49. The SMILES string of the molecule is CCCc1nc(N)cc(N2CCC(OCC)CC2)n1. The highest BCUT2D eigenvalue weighted by molar-refractivity contribution is 5.47. The van der Waals surface area contributed by atoms with Gasteiger partial charge in [-0.05, 0) is 26.2 Å². The standard InChI is InChI=1S/C14H24N4O/c1-3-5-13-16-12(15)10-14(17-13)18-8-6-11(7-9-18)19-4-2/h10-11H,3-9H2,1-2H3,(H2,15,16,17). The van der Waals surface area contributed by atoms with Crippen molar-refractivity contribution in [2.45, 2.75) is 45.6 Å². The Labute approximate surface area is 115 Å². The summed E-state index contributed by atoms with van der Waals surface area (Å²) in [6.45, 7) is 6.93. The summed E-state index contributed by atoms with van der Waals surface area (Å²) < 4.78 is 5.67. The Morgan fingerprint density at radius 1 is 1.32 bits per heavy atom. The van der Waals surface area contributed by atoms with Crippen molar-refractivity contribution < 1.29 is 4.74 Å². The first-order chi connectivity index (χ1) is 9.22. The molecule has 1 aromatic heterocycles. The Morgan fingerprint density at radius 2 is 2.05 bits per heavy atom. The summed E-state index contributed by atoms with van der Waals surface area (Å²) in [7, 11) is 0. The lowest BCUT2D eigenvalue weighted by atomic mass is 10.1. The van der Waals surface area contributed by atoms with Gasteiger partial charge in [0.2, 0.25) is 0 Å². The highest BCUT2D eigenvalue weighted by Gasteiger charge is 2.20. The summed E-state index contributed by atoms with van der Waals surface area (Å²) in [5, 5.41) is 0. The number of hydrogen-bond donors (Lipinski definition) is 1. The fourth-order valence-electron chi connectivity index (χ4n) is 2.49. The van der Waals surface area contributed by atoms with Gasteiger partial charge in [0.1, 0.15) is 17.5 Å². The molecule has 1 aromatic rings. The van der Waals surface area contributed by atoms with Gasteiger partial charge in [0, 0.05) is 32.2 Å². The molecule has 0 atom stereocenters. The van der Waals surface area contributed by atoms with Crippen LogP contribution >= 0.6 is 0 Å². The lowest BCUT2D eigenvalue weighted by Crippen LogP contribution is -2.37. The molecule has 2 rings (SSSR count). The zero-order chi connectivity index (χ0) is 13.7. The molecule has 19 heavy (non-hydrogen) atoms. The van der Waals surface area contributed by atoms with E-state index in [2.05, 4.69) is 28.7 Å². The van der Waals surface area contributed by atoms with E-state index in [0.29, 0.717) is 11.9 Å². The number of aryl methyl sites for hydroxylation is 1. The van der Waals surface area contributed by atoms with Crippen molar-refractivity contribution in [3.05, 3.63) is 11.9 Å². The number of rotatable bonds is 5. The second kappa shape index (κ2) is 6.70. The van der Waals surface area contributed by atoms with Crippen LogP contribution in [0.3, 0.4) is 0 Å². The van der Waals surface area contributed by atoms with Crippen LogP contribution in [0.2, 0.25) is 0 Å².